The minimum Gasteiger partial charge on any atom is -0.475 e. The lowest BCUT2D eigenvalue weighted by Gasteiger charge is -2.13. The Bertz CT molecular complexity index is 671. The minimum atomic E-state index is 0.404. The summed E-state index contributed by atoms with van der Waals surface area (Å²) in [6.07, 6.45) is 0. The van der Waals surface area contributed by atoms with Crippen molar-refractivity contribution in [2.45, 2.75) is 20.4 Å². The van der Waals surface area contributed by atoms with Crippen molar-refractivity contribution in [3.63, 3.8) is 0 Å². The highest BCUT2D eigenvalue weighted by atomic mass is 16.5. The molecule has 0 aliphatic carbocycles. The van der Waals surface area contributed by atoms with Crippen molar-refractivity contribution in [1.29, 1.82) is 5.26 Å². The van der Waals surface area contributed by atoms with Crippen LogP contribution in [0.4, 0.5) is 5.69 Å². The van der Waals surface area contributed by atoms with Gasteiger partial charge in [0, 0.05) is 12.7 Å². The summed E-state index contributed by atoms with van der Waals surface area (Å²) in [6.45, 7) is 6.06. The topological polar surface area (TPSA) is 73.2 Å². The third-order valence-corrected chi connectivity index (χ3v) is 3.28. The third kappa shape index (κ3) is 3.80. The van der Waals surface area contributed by atoms with Gasteiger partial charge in [-0.05, 0) is 19.4 Å². The fraction of sp³-hybridized carbons (Fsp3) is 0.353. The number of benzene rings is 1. The number of hydrogen-bond donors (Lipinski definition) is 1. The van der Waals surface area contributed by atoms with Gasteiger partial charge in [-0.15, -0.1) is 0 Å². The molecule has 22 heavy (non-hydrogen) atoms. The molecule has 0 amide bonds. The monoisotopic (exact) mass is 299 g/mol. The Morgan fingerprint density at radius 1 is 1.27 bits per heavy atom. The first-order chi connectivity index (χ1) is 10.7. The molecule has 5 nitrogen and oxygen atoms in total. The number of aromatic nitrogens is 1. The predicted molar refractivity (Wildman–Crippen MR) is 85.8 cm³/mol. The van der Waals surface area contributed by atoms with E-state index in [1.165, 1.54) is 5.56 Å². The number of anilines is 1. The molecule has 116 valence electrons. The second-order valence-corrected chi connectivity index (χ2v) is 5.02. The Labute approximate surface area is 130 Å². The van der Waals surface area contributed by atoms with Gasteiger partial charge in [-0.1, -0.05) is 29.8 Å². The lowest BCUT2D eigenvalue weighted by Crippen LogP contribution is -2.12. The van der Waals surface area contributed by atoms with Crippen LogP contribution in [-0.4, -0.2) is 24.4 Å². The molecule has 0 bridgehead atoms. The van der Waals surface area contributed by atoms with Gasteiger partial charge in [-0.2, -0.15) is 5.26 Å². The van der Waals surface area contributed by atoms with Crippen molar-refractivity contribution in [2.24, 2.45) is 0 Å². The molecule has 0 aliphatic heterocycles. The largest absolute Gasteiger partial charge is 0.475 e. The van der Waals surface area contributed by atoms with Gasteiger partial charge in [-0.3, -0.25) is 4.57 Å². The van der Waals surface area contributed by atoms with E-state index in [9.17, 15) is 5.26 Å². The second kappa shape index (κ2) is 7.53. The average molecular weight is 299 g/mol. The van der Waals surface area contributed by atoms with Gasteiger partial charge in [0.25, 0.3) is 0 Å². The van der Waals surface area contributed by atoms with Crippen molar-refractivity contribution >= 4 is 5.69 Å². The van der Waals surface area contributed by atoms with Gasteiger partial charge in [0.2, 0.25) is 5.88 Å². The number of hydrogen-bond acceptors (Lipinski definition) is 4. The Morgan fingerprint density at radius 3 is 2.77 bits per heavy atom. The lowest BCUT2D eigenvalue weighted by molar-refractivity contribution is 0.107. The van der Waals surface area contributed by atoms with Crippen molar-refractivity contribution in [3.8, 4) is 11.9 Å². The molecule has 0 aliphatic rings. The standard InChI is InChI=1S/C17H21N3O2/c1-3-21-7-8-22-17-16(19)10-15(11-18)20(17)12-14-6-4-5-13(2)9-14/h4-6,9-10H,3,7-8,12,19H2,1-2H3. The molecule has 1 aromatic carbocycles. The summed E-state index contributed by atoms with van der Waals surface area (Å²) in [4.78, 5) is 0. The van der Waals surface area contributed by atoms with Crippen LogP contribution in [0.25, 0.3) is 0 Å². The van der Waals surface area contributed by atoms with E-state index in [0.717, 1.165) is 5.56 Å². The molecule has 0 spiro atoms. The number of nitrogens with two attached hydrogens (primary N) is 1. The highest BCUT2D eigenvalue weighted by molar-refractivity contribution is 5.55. The van der Waals surface area contributed by atoms with E-state index in [-0.39, 0.29) is 0 Å². The van der Waals surface area contributed by atoms with Crippen LogP contribution in [0.3, 0.4) is 0 Å². The average Bonchev–Trinajstić information content (AvgIpc) is 2.79. The maximum absolute atomic E-state index is 9.29. The SMILES string of the molecule is CCOCCOc1c(N)cc(C#N)n1Cc1cccc(C)c1. The normalized spacial score (nSPS) is 10.4. The predicted octanol–water partition coefficient (Wildman–Crippen LogP) is 2.71. The molecule has 0 fully saturated rings. The van der Waals surface area contributed by atoms with Crippen LogP contribution in [-0.2, 0) is 11.3 Å². The van der Waals surface area contributed by atoms with Crippen LogP contribution in [0.15, 0.2) is 30.3 Å². The van der Waals surface area contributed by atoms with Crippen molar-refractivity contribution < 1.29 is 9.47 Å². The molecule has 0 radical (unpaired) electrons. The lowest BCUT2D eigenvalue weighted by atomic mass is 10.1. The zero-order valence-electron chi connectivity index (χ0n) is 13.0. The summed E-state index contributed by atoms with van der Waals surface area (Å²) in [5.41, 5.74) is 9.22. The minimum absolute atomic E-state index is 0.404. The van der Waals surface area contributed by atoms with E-state index in [2.05, 4.69) is 12.1 Å². The number of rotatable bonds is 7. The van der Waals surface area contributed by atoms with Crippen LogP contribution >= 0.6 is 0 Å². The van der Waals surface area contributed by atoms with Gasteiger partial charge in [0.15, 0.2) is 0 Å². The fourth-order valence-electron chi connectivity index (χ4n) is 2.30. The van der Waals surface area contributed by atoms with Gasteiger partial charge in [0.05, 0.1) is 18.8 Å². The van der Waals surface area contributed by atoms with E-state index >= 15 is 0 Å². The number of ether oxygens (including phenoxy) is 2. The maximum Gasteiger partial charge on any atom is 0.218 e. The molecule has 1 aromatic heterocycles. The molecule has 2 aromatic rings. The second-order valence-electron chi connectivity index (χ2n) is 5.02. The van der Waals surface area contributed by atoms with E-state index in [1.807, 2.05) is 32.0 Å². The van der Waals surface area contributed by atoms with Gasteiger partial charge in [-0.25, -0.2) is 0 Å². The number of aryl methyl sites for hydroxylation is 1. The first kappa shape index (κ1) is 15.9. The molecule has 0 atom stereocenters. The molecule has 1 heterocycles. The summed E-state index contributed by atoms with van der Waals surface area (Å²) < 4.78 is 12.8. The summed E-state index contributed by atoms with van der Waals surface area (Å²) in [5.74, 6) is 0.526. The zero-order chi connectivity index (χ0) is 15.9. The van der Waals surface area contributed by atoms with Crippen LogP contribution in [0, 0.1) is 18.3 Å². The first-order valence-electron chi connectivity index (χ1n) is 7.31. The van der Waals surface area contributed by atoms with Crippen LogP contribution in [0.1, 0.15) is 23.7 Å². The Morgan fingerprint density at radius 2 is 2.09 bits per heavy atom. The van der Waals surface area contributed by atoms with Crippen LogP contribution in [0.5, 0.6) is 5.88 Å². The number of nitrogen functional groups attached to an aromatic ring is 1. The van der Waals surface area contributed by atoms with Crippen LogP contribution in [0.2, 0.25) is 0 Å². The summed E-state index contributed by atoms with van der Waals surface area (Å²) in [7, 11) is 0. The van der Waals surface area contributed by atoms with Crippen LogP contribution < -0.4 is 10.5 Å². The summed E-state index contributed by atoms with van der Waals surface area (Å²) in [5, 5.41) is 9.29. The van der Waals surface area contributed by atoms with E-state index in [4.69, 9.17) is 15.2 Å². The highest BCUT2D eigenvalue weighted by Crippen LogP contribution is 2.27. The molecule has 2 N–H and O–H groups in total. The molecular formula is C17H21N3O2. The highest BCUT2D eigenvalue weighted by Gasteiger charge is 2.15. The quantitative estimate of drug-likeness (QED) is 0.798. The Kier molecular flexibility index (Phi) is 5.45. The Hall–Kier alpha value is -2.45. The van der Waals surface area contributed by atoms with Gasteiger partial charge >= 0.3 is 0 Å². The molecule has 0 saturated carbocycles. The van der Waals surface area contributed by atoms with E-state index < -0.39 is 0 Å². The number of nitrogens with zero attached hydrogens (tertiary/aromatic N) is 2. The molecule has 0 unspecified atom stereocenters. The van der Waals surface area contributed by atoms with Gasteiger partial charge < -0.3 is 15.2 Å². The third-order valence-electron chi connectivity index (χ3n) is 3.28. The number of nitriles is 1. The van der Waals surface area contributed by atoms with Crippen molar-refractivity contribution in [2.75, 3.05) is 25.6 Å². The van der Waals surface area contributed by atoms with Crippen molar-refractivity contribution in [3.05, 3.63) is 47.2 Å². The molecule has 0 saturated heterocycles. The molecular weight excluding hydrogens is 278 g/mol. The maximum atomic E-state index is 9.29. The van der Waals surface area contributed by atoms with Gasteiger partial charge in [0.1, 0.15) is 18.4 Å². The first-order valence-corrected chi connectivity index (χ1v) is 7.31. The Balaban J connectivity index is 2.22. The molecule has 2 rings (SSSR count). The van der Waals surface area contributed by atoms with E-state index in [0.29, 0.717) is 43.6 Å². The fourth-order valence-corrected chi connectivity index (χ4v) is 2.30. The van der Waals surface area contributed by atoms with Crippen molar-refractivity contribution in [1.82, 2.24) is 4.57 Å². The van der Waals surface area contributed by atoms with E-state index in [1.54, 1.807) is 10.6 Å². The molecule has 5 heteroatoms. The zero-order valence-corrected chi connectivity index (χ0v) is 13.0. The smallest absolute Gasteiger partial charge is 0.218 e. The summed E-state index contributed by atoms with van der Waals surface area (Å²) in [6, 6.07) is 12.0. The summed E-state index contributed by atoms with van der Waals surface area (Å²) >= 11 is 0.